The fourth-order valence-electron chi connectivity index (χ4n) is 4.54. The molecule has 5 nitrogen and oxygen atoms in total. The van der Waals surface area contributed by atoms with Gasteiger partial charge in [-0.15, -0.1) is 0 Å². The van der Waals surface area contributed by atoms with Crippen molar-refractivity contribution < 1.29 is 19.1 Å². The molecular weight excluding hydrogens is 342 g/mol. The van der Waals surface area contributed by atoms with Gasteiger partial charge in [-0.05, 0) is 55.4 Å². The predicted octanol–water partition coefficient (Wildman–Crippen LogP) is 3.31. The molecule has 0 radical (unpaired) electrons. The third-order valence-corrected chi connectivity index (χ3v) is 5.97. The van der Waals surface area contributed by atoms with Gasteiger partial charge in [0.25, 0.3) is 0 Å². The SMILES string of the molecule is CC(=O)NCCCc1ccc(C(=O)COC(=O)C[C@@H]2C[C@H]3CC[C@@H]2C3)cc1. The van der Waals surface area contributed by atoms with Gasteiger partial charge in [0.1, 0.15) is 0 Å². The van der Waals surface area contributed by atoms with Crippen LogP contribution in [0.15, 0.2) is 24.3 Å². The number of amides is 1. The monoisotopic (exact) mass is 371 g/mol. The molecule has 0 unspecified atom stereocenters. The van der Waals surface area contributed by atoms with Crippen LogP contribution in [0.2, 0.25) is 0 Å². The number of fused-ring (bicyclic) bond motifs is 2. The van der Waals surface area contributed by atoms with E-state index in [-0.39, 0.29) is 24.3 Å². The lowest BCUT2D eigenvalue weighted by atomic mass is 9.86. The van der Waals surface area contributed by atoms with Gasteiger partial charge in [-0.2, -0.15) is 0 Å². The molecule has 3 atom stereocenters. The van der Waals surface area contributed by atoms with Gasteiger partial charge >= 0.3 is 5.97 Å². The molecule has 0 aliphatic heterocycles. The molecule has 0 saturated heterocycles. The van der Waals surface area contributed by atoms with Crippen LogP contribution < -0.4 is 5.32 Å². The highest BCUT2D eigenvalue weighted by atomic mass is 16.5. The molecule has 146 valence electrons. The van der Waals surface area contributed by atoms with E-state index in [1.165, 1.54) is 26.2 Å². The summed E-state index contributed by atoms with van der Waals surface area (Å²) in [5.41, 5.74) is 1.68. The fourth-order valence-corrected chi connectivity index (χ4v) is 4.54. The lowest BCUT2D eigenvalue weighted by Crippen LogP contribution is -2.21. The summed E-state index contributed by atoms with van der Waals surface area (Å²) in [5, 5.41) is 2.77. The molecule has 1 N–H and O–H groups in total. The molecule has 2 saturated carbocycles. The molecule has 1 amide bonds. The number of carbonyl (C=O) groups is 3. The minimum atomic E-state index is -0.240. The van der Waals surface area contributed by atoms with E-state index in [0.717, 1.165) is 30.7 Å². The summed E-state index contributed by atoms with van der Waals surface area (Å²) in [6.07, 6.45) is 7.14. The number of benzene rings is 1. The quantitative estimate of drug-likeness (QED) is 0.411. The van der Waals surface area contributed by atoms with Crippen LogP contribution in [-0.2, 0) is 20.7 Å². The van der Waals surface area contributed by atoms with E-state index in [9.17, 15) is 14.4 Å². The molecule has 0 aromatic heterocycles. The maximum absolute atomic E-state index is 12.2. The Morgan fingerprint density at radius 1 is 1.11 bits per heavy atom. The van der Waals surface area contributed by atoms with Crippen LogP contribution in [-0.4, -0.2) is 30.8 Å². The summed E-state index contributed by atoms with van der Waals surface area (Å²) in [4.78, 5) is 35.1. The first-order valence-electron chi connectivity index (χ1n) is 10.0. The molecule has 0 heterocycles. The van der Waals surface area contributed by atoms with Crippen molar-refractivity contribution in [2.24, 2.45) is 17.8 Å². The van der Waals surface area contributed by atoms with Gasteiger partial charge in [0.15, 0.2) is 12.4 Å². The molecule has 2 fully saturated rings. The standard InChI is InChI=1S/C22H29NO4/c1-15(24)23-10-2-3-16-4-7-18(8-5-16)21(25)14-27-22(26)13-20-12-17-6-9-19(20)11-17/h4-5,7-8,17,19-20H,2-3,6,9-14H2,1H3,(H,23,24)/t17-,19+,20-/m0/s1. The highest BCUT2D eigenvalue weighted by Gasteiger charge is 2.40. The Kier molecular flexibility index (Phi) is 6.64. The Morgan fingerprint density at radius 3 is 2.52 bits per heavy atom. The lowest BCUT2D eigenvalue weighted by molar-refractivity contribution is -0.144. The molecular formula is C22H29NO4. The first-order valence-corrected chi connectivity index (χ1v) is 10.0. The number of rotatable bonds is 9. The lowest BCUT2D eigenvalue weighted by Gasteiger charge is -2.20. The van der Waals surface area contributed by atoms with Crippen LogP contribution in [0.3, 0.4) is 0 Å². The molecule has 2 aliphatic carbocycles. The first kappa shape index (κ1) is 19.6. The normalized spacial score (nSPS) is 23.2. The molecule has 3 rings (SSSR count). The van der Waals surface area contributed by atoms with E-state index in [1.54, 1.807) is 12.1 Å². The van der Waals surface area contributed by atoms with Crippen molar-refractivity contribution in [3.63, 3.8) is 0 Å². The average Bonchev–Trinajstić information content (AvgIpc) is 3.26. The van der Waals surface area contributed by atoms with E-state index in [4.69, 9.17) is 4.74 Å². The second kappa shape index (κ2) is 9.16. The minimum Gasteiger partial charge on any atom is -0.457 e. The van der Waals surface area contributed by atoms with Crippen molar-refractivity contribution in [1.82, 2.24) is 5.32 Å². The van der Waals surface area contributed by atoms with E-state index in [1.807, 2.05) is 12.1 Å². The molecule has 1 aromatic rings. The number of hydrogen-bond acceptors (Lipinski definition) is 4. The van der Waals surface area contributed by atoms with Crippen molar-refractivity contribution in [1.29, 1.82) is 0 Å². The zero-order valence-electron chi connectivity index (χ0n) is 16.0. The van der Waals surface area contributed by atoms with E-state index < -0.39 is 0 Å². The third-order valence-electron chi connectivity index (χ3n) is 5.97. The Bertz CT molecular complexity index is 682. The van der Waals surface area contributed by atoms with Crippen molar-refractivity contribution in [3.05, 3.63) is 35.4 Å². The maximum Gasteiger partial charge on any atom is 0.306 e. The summed E-state index contributed by atoms with van der Waals surface area (Å²) in [5.74, 6) is 1.54. The number of ether oxygens (including phenoxy) is 1. The second-order valence-electron chi connectivity index (χ2n) is 8.01. The zero-order chi connectivity index (χ0) is 19.2. The van der Waals surface area contributed by atoms with Gasteiger partial charge in [0, 0.05) is 25.5 Å². The van der Waals surface area contributed by atoms with Crippen LogP contribution in [0.4, 0.5) is 0 Å². The van der Waals surface area contributed by atoms with E-state index in [2.05, 4.69) is 5.32 Å². The third kappa shape index (κ3) is 5.65. The first-order chi connectivity index (χ1) is 13.0. The van der Waals surface area contributed by atoms with Crippen molar-refractivity contribution in [2.45, 2.75) is 51.9 Å². The average molecular weight is 371 g/mol. The zero-order valence-corrected chi connectivity index (χ0v) is 16.0. The van der Waals surface area contributed by atoms with Gasteiger partial charge < -0.3 is 10.1 Å². The second-order valence-corrected chi connectivity index (χ2v) is 8.01. The Hall–Kier alpha value is -2.17. The Labute approximate surface area is 160 Å². The number of Topliss-reactive ketones (excluding diaryl/α,β-unsaturated/α-hetero) is 1. The summed E-state index contributed by atoms with van der Waals surface area (Å²) in [6, 6.07) is 7.38. The van der Waals surface area contributed by atoms with Crippen molar-refractivity contribution >= 4 is 17.7 Å². The van der Waals surface area contributed by atoms with E-state index in [0.29, 0.717) is 30.4 Å². The molecule has 0 spiro atoms. The molecule has 2 aliphatic rings. The fraction of sp³-hybridized carbons (Fsp3) is 0.591. The van der Waals surface area contributed by atoms with Crippen LogP contribution >= 0.6 is 0 Å². The van der Waals surface area contributed by atoms with Gasteiger partial charge in [-0.1, -0.05) is 30.7 Å². The van der Waals surface area contributed by atoms with Crippen LogP contribution in [0.25, 0.3) is 0 Å². The van der Waals surface area contributed by atoms with Crippen molar-refractivity contribution in [2.75, 3.05) is 13.2 Å². The Balaban J connectivity index is 1.37. The number of esters is 1. The van der Waals surface area contributed by atoms with Crippen molar-refractivity contribution in [3.8, 4) is 0 Å². The maximum atomic E-state index is 12.2. The summed E-state index contributed by atoms with van der Waals surface area (Å²) in [6.45, 7) is 1.97. The van der Waals surface area contributed by atoms with E-state index >= 15 is 0 Å². The van der Waals surface area contributed by atoms with Crippen LogP contribution in [0, 0.1) is 17.8 Å². The molecule has 27 heavy (non-hydrogen) atoms. The topological polar surface area (TPSA) is 72.5 Å². The molecule has 1 aromatic carbocycles. The number of carbonyl (C=O) groups excluding carboxylic acids is 3. The molecule has 5 heteroatoms. The highest BCUT2D eigenvalue weighted by molar-refractivity contribution is 5.97. The largest absolute Gasteiger partial charge is 0.457 e. The highest BCUT2D eigenvalue weighted by Crippen LogP contribution is 2.49. The minimum absolute atomic E-state index is 0.0223. The van der Waals surface area contributed by atoms with Crippen LogP contribution in [0.5, 0.6) is 0 Å². The summed E-state index contributed by atoms with van der Waals surface area (Å²) < 4.78 is 5.23. The number of aryl methyl sites for hydroxylation is 1. The predicted molar refractivity (Wildman–Crippen MR) is 102 cm³/mol. The number of hydrogen-bond donors (Lipinski definition) is 1. The summed E-state index contributed by atoms with van der Waals surface area (Å²) >= 11 is 0. The van der Waals surface area contributed by atoms with Gasteiger partial charge in [-0.25, -0.2) is 0 Å². The van der Waals surface area contributed by atoms with Gasteiger partial charge in [-0.3, -0.25) is 14.4 Å². The number of nitrogens with one attached hydrogen (secondary N) is 1. The summed E-state index contributed by atoms with van der Waals surface area (Å²) in [7, 11) is 0. The molecule has 2 bridgehead atoms. The van der Waals surface area contributed by atoms with Gasteiger partial charge in [0.2, 0.25) is 5.91 Å². The van der Waals surface area contributed by atoms with Crippen LogP contribution in [0.1, 0.15) is 61.4 Å². The smallest absolute Gasteiger partial charge is 0.306 e. The number of ketones is 1. The van der Waals surface area contributed by atoms with Gasteiger partial charge in [0.05, 0.1) is 0 Å². The Morgan fingerprint density at radius 2 is 1.89 bits per heavy atom.